The number of nitrogens with one attached hydrogen (secondary N) is 1. The van der Waals surface area contributed by atoms with Crippen LogP contribution in [0.5, 0.6) is 0 Å². The number of unbranched alkanes of at least 4 members (excludes halogenated alkanes) is 1. The predicted molar refractivity (Wildman–Crippen MR) is 135 cm³/mol. The lowest BCUT2D eigenvalue weighted by Gasteiger charge is -2.40. The van der Waals surface area contributed by atoms with Crippen LogP contribution in [0.4, 0.5) is 10.2 Å². The van der Waals surface area contributed by atoms with Gasteiger partial charge in [0, 0.05) is 30.2 Å². The summed E-state index contributed by atoms with van der Waals surface area (Å²) >= 11 is 12.3. The molecule has 0 saturated heterocycles. The zero-order valence-corrected chi connectivity index (χ0v) is 20.2. The van der Waals surface area contributed by atoms with E-state index in [-0.39, 0.29) is 5.82 Å². The molecule has 0 saturated carbocycles. The summed E-state index contributed by atoms with van der Waals surface area (Å²) in [6.45, 7) is 12.9. The molecule has 6 nitrogen and oxygen atoms in total. The van der Waals surface area contributed by atoms with Gasteiger partial charge in [0.2, 0.25) is 5.28 Å². The van der Waals surface area contributed by atoms with Gasteiger partial charge in [-0.05, 0) is 48.6 Å². The number of halogens is 3. The van der Waals surface area contributed by atoms with Crippen molar-refractivity contribution < 1.29 is 4.39 Å². The topological polar surface area (TPSA) is 59.9 Å². The number of anilines is 1. The summed E-state index contributed by atoms with van der Waals surface area (Å²) in [7, 11) is 0. The van der Waals surface area contributed by atoms with Crippen LogP contribution in [0.15, 0.2) is 47.2 Å². The van der Waals surface area contributed by atoms with Gasteiger partial charge in [-0.1, -0.05) is 44.2 Å². The minimum absolute atomic E-state index is 0.347. The molecule has 1 aromatic heterocycles. The number of hydrogen-bond donors (Lipinski definition) is 1. The van der Waals surface area contributed by atoms with Crippen molar-refractivity contribution in [3.05, 3.63) is 64.6 Å². The molecule has 4 rings (SSSR count). The van der Waals surface area contributed by atoms with Crippen LogP contribution in [0.1, 0.15) is 43.9 Å². The van der Waals surface area contributed by atoms with Gasteiger partial charge in [-0.2, -0.15) is 4.98 Å². The third kappa shape index (κ3) is 5.14. The van der Waals surface area contributed by atoms with Crippen molar-refractivity contribution in [2.75, 3.05) is 24.5 Å². The van der Waals surface area contributed by atoms with Gasteiger partial charge in [-0.25, -0.2) is 9.38 Å². The van der Waals surface area contributed by atoms with E-state index >= 15 is 0 Å². The highest BCUT2D eigenvalue weighted by Gasteiger charge is 2.31. The average Bonchev–Trinajstić information content (AvgIpc) is 3.39. The Hall–Kier alpha value is -2.64. The van der Waals surface area contributed by atoms with Crippen LogP contribution >= 0.6 is 23.2 Å². The third-order valence-electron chi connectivity index (χ3n) is 5.83. The lowest BCUT2D eigenvalue weighted by Crippen LogP contribution is -2.39. The van der Waals surface area contributed by atoms with Gasteiger partial charge in [0.05, 0.1) is 12.2 Å². The SMILES string of the molecule is C=C1c2[nH]c(Cl)nc2N(CCCC)C(=C)N1CCCC1=NC(Cc2ccc(F)cc2Cl)=NC1. The van der Waals surface area contributed by atoms with Crippen molar-refractivity contribution >= 4 is 46.3 Å². The fraction of sp³-hybridized carbons (Fsp3) is 0.375. The first-order valence-electron chi connectivity index (χ1n) is 11.1. The van der Waals surface area contributed by atoms with Crippen LogP contribution in [0, 0.1) is 5.82 Å². The Morgan fingerprint density at radius 1 is 1.15 bits per heavy atom. The number of aromatic nitrogens is 2. The summed E-state index contributed by atoms with van der Waals surface area (Å²) in [6.07, 6.45) is 4.28. The highest BCUT2D eigenvalue weighted by Crippen LogP contribution is 2.38. The molecule has 1 aromatic carbocycles. The quantitative estimate of drug-likeness (QED) is 0.464. The maximum Gasteiger partial charge on any atom is 0.202 e. The first kappa shape index (κ1) is 23.5. The van der Waals surface area contributed by atoms with Gasteiger partial charge in [-0.3, -0.25) is 4.99 Å². The Balaban J connectivity index is 1.36. The van der Waals surface area contributed by atoms with Gasteiger partial charge < -0.3 is 14.8 Å². The van der Waals surface area contributed by atoms with Crippen LogP contribution in [0.25, 0.3) is 5.70 Å². The van der Waals surface area contributed by atoms with E-state index in [2.05, 4.69) is 49.8 Å². The lowest BCUT2D eigenvalue weighted by molar-refractivity contribution is 0.449. The number of nitrogens with zero attached hydrogens (tertiary/aromatic N) is 5. The molecule has 0 aliphatic carbocycles. The van der Waals surface area contributed by atoms with E-state index in [1.807, 2.05) is 0 Å². The first-order chi connectivity index (χ1) is 15.9. The third-order valence-corrected chi connectivity index (χ3v) is 6.36. The number of aliphatic imine (C=N–C) groups is 2. The number of H-pyrrole nitrogens is 1. The molecule has 0 amide bonds. The average molecular weight is 489 g/mol. The molecule has 0 atom stereocenters. The van der Waals surface area contributed by atoms with Crippen LogP contribution < -0.4 is 4.90 Å². The molecule has 0 bridgehead atoms. The Kier molecular flexibility index (Phi) is 7.20. The minimum atomic E-state index is -0.347. The number of rotatable bonds is 9. The minimum Gasteiger partial charge on any atom is -0.327 e. The number of hydrogen-bond acceptors (Lipinski definition) is 5. The molecule has 174 valence electrons. The standard InChI is InChI=1S/C24H27Cl2FN6/c1-4-5-10-33-16(3)32(15(2)22-23(33)31-24(26)30-22)11-6-7-19-14-28-21(29-19)12-17-8-9-18(27)13-20(17)25/h8-9,13H,2-7,10-12,14H2,1H3,(H,30,31). The molecule has 2 aromatic rings. The summed E-state index contributed by atoms with van der Waals surface area (Å²) in [5.41, 5.74) is 3.51. The second-order valence-corrected chi connectivity index (χ2v) is 8.94. The summed E-state index contributed by atoms with van der Waals surface area (Å²) in [5, 5.41) is 0.748. The fourth-order valence-electron chi connectivity index (χ4n) is 4.05. The first-order valence-corrected chi connectivity index (χ1v) is 11.9. The Morgan fingerprint density at radius 2 is 1.94 bits per heavy atom. The summed E-state index contributed by atoms with van der Waals surface area (Å²) in [5.74, 6) is 2.03. The van der Waals surface area contributed by atoms with Gasteiger partial charge >= 0.3 is 0 Å². The molecule has 33 heavy (non-hydrogen) atoms. The normalized spacial score (nSPS) is 15.8. The maximum absolute atomic E-state index is 13.3. The molecule has 0 unspecified atom stereocenters. The number of amidine groups is 1. The molecule has 1 N–H and O–H groups in total. The van der Waals surface area contributed by atoms with E-state index in [0.29, 0.717) is 23.3 Å². The van der Waals surface area contributed by atoms with E-state index in [9.17, 15) is 4.39 Å². The molecule has 0 fully saturated rings. The van der Waals surface area contributed by atoms with Crippen molar-refractivity contribution in [2.24, 2.45) is 9.98 Å². The molecule has 0 spiro atoms. The predicted octanol–water partition coefficient (Wildman–Crippen LogP) is 6.10. The molecule has 3 heterocycles. The lowest BCUT2D eigenvalue weighted by atomic mass is 10.1. The Morgan fingerprint density at radius 3 is 2.70 bits per heavy atom. The zero-order chi connectivity index (χ0) is 23.5. The zero-order valence-electron chi connectivity index (χ0n) is 18.7. The number of fused-ring (bicyclic) bond motifs is 1. The van der Waals surface area contributed by atoms with Crippen LogP contribution in [-0.4, -0.2) is 46.0 Å². The highest BCUT2D eigenvalue weighted by atomic mass is 35.5. The Bertz CT molecular complexity index is 1140. The van der Waals surface area contributed by atoms with Crippen molar-refractivity contribution in [1.29, 1.82) is 0 Å². The number of imidazole rings is 1. The largest absolute Gasteiger partial charge is 0.327 e. The molecular formula is C24H27Cl2FN6. The summed E-state index contributed by atoms with van der Waals surface area (Å²) in [6, 6.07) is 4.40. The van der Waals surface area contributed by atoms with Crippen molar-refractivity contribution in [3.63, 3.8) is 0 Å². The second-order valence-electron chi connectivity index (χ2n) is 8.17. The summed E-state index contributed by atoms with van der Waals surface area (Å²) < 4.78 is 13.3. The Labute approximate surface area is 203 Å². The number of aromatic amines is 1. The van der Waals surface area contributed by atoms with Gasteiger partial charge in [0.25, 0.3) is 0 Å². The fourth-order valence-corrected chi connectivity index (χ4v) is 4.46. The van der Waals surface area contributed by atoms with Crippen LogP contribution in [0.3, 0.4) is 0 Å². The van der Waals surface area contributed by atoms with Gasteiger partial charge in [-0.15, -0.1) is 0 Å². The van der Waals surface area contributed by atoms with E-state index in [1.54, 1.807) is 6.07 Å². The monoisotopic (exact) mass is 488 g/mol. The maximum atomic E-state index is 13.3. The van der Waals surface area contributed by atoms with E-state index in [4.69, 9.17) is 23.2 Å². The molecule has 2 aliphatic rings. The molecule has 0 radical (unpaired) electrons. The molecule has 9 heteroatoms. The highest BCUT2D eigenvalue weighted by molar-refractivity contribution is 6.31. The van der Waals surface area contributed by atoms with Crippen molar-refractivity contribution in [2.45, 2.75) is 39.0 Å². The number of benzene rings is 1. The second kappa shape index (κ2) is 10.1. The van der Waals surface area contributed by atoms with Crippen LogP contribution in [-0.2, 0) is 6.42 Å². The van der Waals surface area contributed by atoms with Crippen molar-refractivity contribution in [3.8, 4) is 0 Å². The smallest absolute Gasteiger partial charge is 0.202 e. The summed E-state index contributed by atoms with van der Waals surface area (Å²) in [4.78, 5) is 21.0. The van der Waals surface area contributed by atoms with E-state index < -0.39 is 0 Å². The van der Waals surface area contributed by atoms with Crippen molar-refractivity contribution in [1.82, 2.24) is 14.9 Å². The molecular weight excluding hydrogens is 462 g/mol. The molecule has 2 aliphatic heterocycles. The van der Waals surface area contributed by atoms with E-state index in [1.165, 1.54) is 12.1 Å². The van der Waals surface area contributed by atoms with Gasteiger partial charge in [0.15, 0.2) is 5.82 Å². The van der Waals surface area contributed by atoms with Gasteiger partial charge in [0.1, 0.15) is 23.2 Å². The van der Waals surface area contributed by atoms with E-state index in [0.717, 1.165) is 78.9 Å². The van der Waals surface area contributed by atoms with Crippen LogP contribution in [0.2, 0.25) is 10.3 Å².